The first-order valence-corrected chi connectivity index (χ1v) is 6.65. The number of ether oxygens (including phenoxy) is 1. The molecule has 2 heterocycles. The molecule has 0 aliphatic carbocycles. The van der Waals surface area contributed by atoms with Gasteiger partial charge < -0.3 is 19.6 Å². The molecule has 1 aromatic rings. The molecule has 1 unspecified atom stereocenters. The summed E-state index contributed by atoms with van der Waals surface area (Å²) in [5.74, 6) is -0.547. The Hall–Kier alpha value is -2.22. The molecule has 0 saturated carbocycles. The van der Waals surface area contributed by atoms with Gasteiger partial charge in [0, 0.05) is 32.5 Å². The second kappa shape index (κ2) is 6.98. The zero-order valence-corrected chi connectivity index (χ0v) is 11.8. The van der Waals surface area contributed by atoms with Gasteiger partial charge in [0.05, 0.1) is 25.7 Å². The van der Waals surface area contributed by atoms with Crippen molar-refractivity contribution < 1.29 is 19.4 Å². The van der Waals surface area contributed by atoms with E-state index in [9.17, 15) is 9.59 Å². The minimum Gasteiger partial charge on any atom is -0.481 e. The average Bonchev–Trinajstić information content (AvgIpc) is 2.47. The molecule has 1 saturated heterocycles. The average molecular weight is 294 g/mol. The molecule has 1 aromatic heterocycles. The van der Waals surface area contributed by atoms with Crippen LogP contribution < -0.4 is 4.90 Å². The van der Waals surface area contributed by atoms with Crippen molar-refractivity contribution in [2.45, 2.75) is 12.5 Å². The van der Waals surface area contributed by atoms with Gasteiger partial charge in [-0.1, -0.05) is 0 Å². The zero-order valence-electron chi connectivity index (χ0n) is 11.8. The van der Waals surface area contributed by atoms with Gasteiger partial charge in [-0.2, -0.15) is 0 Å². The van der Waals surface area contributed by atoms with Crippen LogP contribution in [0, 0.1) is 0 Å². The van der Waals surface area contributed by atoms with E-state index in [2.05, 4.69) is 9.97 Å². The van der Waals surface area contributed by atoms with E-state index in [-0.39, 0.29) is 18.9 Å². The number of morpholine rings is 1. The van der Waals surface area contributed by atoms with Crippen molar-refractivity contribution >= 4 is 17.8 Å². The van der Waals surface area contributed by atoms with Crippen molar-refractivity contribution in [3.05, 3.63) is 18.5 Å². The van der Waals surface area contributed by atoms with Gasteiger partial charge in [0.25, 0.3) is 0 Å². The smallest absolute Gasteiger partial charge is 0.306 e. The van der Waals surface area contributed by atoms with E-state index in [0.717, 1.165) is 0 Å². The summed E-state index contributed by atoms with van der Waals surface area (Å²) in [7, 11) is 1.74. The molecular formula is C13H18N4O4. The van der Waals surface area contributed by atoms with Gasteiger partial charge in [-0.25, -0.2) is 9.97 Å². The van der Waals surface area contributed by atoms with E-state index in [1.165, 1.54) is 0 Å². The lowest BCUT2D eigenvalue weighted by atomic mass is 10.2. The standard InChI is InChI=1S/C13H18N4O4/c1-16(13-14-3-2-4-15-13)9-11(18)17-5-6-21-10(8-17)7-12(19)20/h2-4,10H,5-9H2,1H3,(H,19,20). The van der Waals surface area contributed by atoms with E-state index in [4.69, 9.17) is 9.84 Å². The highest BCUT2D eigenvalue weighted by Crippen LogP contribution is 2.10. The lowest BCUT2D eigenvalue weighted by Gasteiger charge is -2.33. The van der Waals surface area contributed by atoms with Gasteiger partial charge in [-0.15, -0.1) is 0 Å². The number of carboxylic acid groups (broad SMARTS) is 1. The Morgan fingerprint density at radius 3 is 2.86 bits per heavy atom. The van der Waals surface area contributed by atoms with Crippen LogP contribution in [0.15, 0.2) is 18.5 Å². The number of hydrogen-bond acceptors (Lipinski definition) is 6. The topological polar surface area (TPSA) is 95.9 Å². The number of carbonyl (C=O) groups excluding carboxylic acids is 1. The number of nitrogens with zero attached hydrogens (tertiary/aromatic N) is 4. The third-order valence-corrected chi connectivity index (χ3v) is 3.16. The SMILES string of the molecule is CN(CC(=O)N1CCOC(CC(=O)O)C1)c1ncccn1. The van der Waals surface area contributed by atoms with Crippen LogP contribution in [-0.4, -0.2) is 71.2 Å². The molecule has 1 atom stereocenters. The molecule has 0 aromatic carbocycles. The lowest BCUT2D eigenvalue weighted by molar-refractivity contribution is -0.147. The number of carboxylic acids is 1. The van der Waals surface area contributed by atoms with Crippen LogP contribution in [0.25, 0.3) is 0 Å². The number of aromatic nitrogens is 2. The predicted molar refractivity (Wildman–Crippen MR) is 73.9 cm³/mol. The van der Waals surface area contributed by atoms with Crippen molar-refractivity contribution in [1.82, 2.24) is 14.9 Å². The summed E-state index contributed by atoms with van der Waals surface area (Å²) in [6, 6.07) is 1.71. The van der Waals surface area contributed by atoms with Crippen molar-refractivity contribution in [1.29, 1.82) is 0 Å². The first-order chi connectivity index (χ1) is 10.1. The fourth-order valence-corrected chi connectivity index (χ4v) is 2.13. The molecule has 0 radical (unpaired) electrons. The normalized spacial score (nSPS) is 18.3. The molecule has 1 fully saturated rings. The zero-order chi connectivity index (χ0) is 15.2. The van der Waals surface area contributed by atoms with Crippen LogP contribution in [0.5, 0.6) is 0 Å². The second-order valence-electron chi connectivity index (χ2n) is 4.84. The van der Waals surface area contributed by atoms with Crippen molar-refractivity contribution in [2.24, 2.45) is 0 Å². The molecule has 0 bridgehead atoms. The molecule has 8 nitrogen and oxygen atoms in total. The first kappa shape index (κ1) is 15.2. The minimum atomic E-state index is -0.927. The van der Waals surface area contributed by atoms with E-state index in [0.29, 0.717) is 25.6 Å². The highest BCUT2D eigenvalue weighted by molar-refractivity contribution is 5.81. The molecule has 2 rings (SSSR count). The molecule has 1 N–H and O–H groups in total. The monoisotopic (exact) mass is 294 g/mol. The summed E-state index contributed by atoms with van der Waals surface area (Å²) in [6.07, 6.45) is 2.68. The van der Waals surface area contributed by atoms with Gasteiger partial charge in [-0.05, 0) is 6.07 Å². The van der Waals surface area contributed by atoms with E-state index < -0.39 is 12.1 Å². The highest BCUT2D eigenvalue weighted by Gasteiger charge is 2.26. The quantitative estimate of drug-likeness (QED) is 0.790. The van der Waals surface area contributed by atoms with Gasteiger partial charge in [0.1, 0.15) is 0 Å². The fourth-order valence-electron chi connectivity index (χ4n) is 2.13. The molecule has 0 spiro atoms. The maximum Gasteiger partial charge on any atom is 0.306 e. The number of likely N-dealkylation sites (N-methyl/N-ethyl adjacent to an activating group) is 1. The summed E-state index contributed by atoms with van der Waals surface area (Å²) < 4.78 is 5.35. The van der Waals surface area contributed by atoms with Crippen molar-refractivity contribution in [2.75, 3.05) is 38.2 Å². The maximum atomic E-state index is 12.2. The Labute approximate surface area is 122 Å². The van der Waals surface area contributed by atoms with Crippen molar-refractivity contribution in [3.8, 4) is 0 Å². The van der Waals surface area contributed by atoms with Crippen LogP contribution >= 0.6 is 0 Å². The van der Waals surface area contributed by atoms with E-state index in [1.54, 1.807) is 35.3 Å². The number of rotatable bonds is 5. The van der Waals surface area contributed by atoms with Crippen molar-refractivity contribution in [3.63, 3.8) is 0 Å². The molecule has 8 heteroatoms. The number of anilines is 1. The Balaban J connectivity index is 1.89. The van der Waals surface area contributed by atoms with Crippen LogP contribution in [0.3, 0.4) is 0 Å². The first-order valence-electron chi connectivity index (χ1n) is 6.65. The number of hydrogen-bond donors (Lipinski definition) is 1. The van der Waals surface area contributed by atoms with Gasteiger partial charge in [0.2, 0.25) is 11.9 Å². The molecule has 114 valence electrons. The van der Waals surface area contributed by atoms with Gasteiger partial charge in [-0.3, -0.25) is 9.59 Å². The molecule has 21 heavy (non-hydrogen) atoms. The fraction of sp³-hybridized carbons (Fsp3) is 0.538. The molecule has 1 aliphatic heterocycles. The summed E-state index contributed by atoms with van der Waals surface area (Å²) in [6.45, 7) is 1.27. The van der Waals surface area contributed by atoms with Crippen LogP contribution in [-0.2, 0) is 14.3 Å². The summed E-state index contributed by atoms with van der Waals surface area (Å²) in [4.78, 5) is 34.4. The third-order valence-electron chi connectivity index (χ3n) is 3.16. The third kappa shape index (κ3) is 4.38. The Morgan fingerprint density at radius 2 is 2.19 bits per heavy atom. The number of amides is 1. The number of carbonyl (C=O) groups is 2. The summed E-state index contributed by atoms with van der Waals surface area (Å²) in [5.41, 5.74) is 0. The van der Waals surface area contributed by atoms with Crippen LogP contribution in [0.4, 0.5) is 5.95 Å². The van der Waals surface area contributed by atoms with E-state index >= 15 is 0 Å². The van der Waals surface area contributed by atoms with Crippen LogP contribution in [0.2, 0.25) is 0 Å². The van der Waals surface area contributed by atoms with Crippen LogP contribution in [0.1, 0.15) is 6.42 Å². The van der Waals surface area contributed by atoms with Gasteiger partial charge in [0.15, 0.2) is 0 Å². The number of aliphatic carboxylic acids is 1. The minimum absolute atomic E-state index is 0.0939. The van der Waals surface area contributed by atoms with E-state index in [1.807, 2.05) is 0 Å². The van der Waals surface area contributed by atoms with Gasteiger partial charge >= 0.3 is 5.97 Å². The predicted octanol–water partition coefficient (Wildman–Crippen LogP) is -0.385. The highest BCUT2D eigenvalue weighted by atomic mass is 16.5. The largest absolute Gasteiger partial charge is 0.481 e. The Bertz CT molecular complexity index is 496. The lowest BCUT2D eigenvalue weighted by Crippen LogP contribution is -2.49. The molecular weight excluding hydrogens is 276 g/mol. The molecule has 1 aliphatic rings. The summed E-state index contributed by atoms with van der Waals surface area (Å²) in [5, 5.41) is 8.78. The second-order valence-corrected chi connectivity index (χ2v) is 4.84. The maximum absolute atomic E-state index is 12.2. The Kier molecular flexibility index (Phi) is 5.04. The summed E-state index contributed by atoms with van der Waals surface area (Å²) >= 11 is 0. The Morgan fingerprint density at radius 1 is 1.48 bits per heavy atom. The molecule has 1 amide bonds.